The fourth-order valence-corrected chi connectivity index (χ4v) is 2.74. The fraction of sp³-hybridized carbons (Fsp3) is 0.429. The molecule has 0 aliphatic heterocycles. The van der Waals surface area contributed by atoms with Crippen molar-refractivity contribution in [3.8, 4) is 0 Å². The first-order valence-electron chi connectivity index (χ1n) is 6.55. The molecule has 2 aromatic heterocycles. The van der Waals surface area contributed by atoms with Crippen molar-refractivity contribution in [3.63, 3.8) is 0 Å². The van der Waals surface area contributed by atoms with E-state index in [0.29, 0.717) is 23.6 Å². The Kier molecular flexibility index (Phi) is 4.79. The number of nitrogens with zero attached hydrogens (tertiary/aromatic N) is 3. The third-order valence-electron chi connectivity index (χ3n) is 3.06. The summed E-state index contributed by atoms with van der Waals surface area (Å²) < 4.78 is 0. The molecule has 0 aliphatic rings. The van der Waals surface area contributed by atoms with Crippen LogP contribution in [0.4, 0.5) is 0 Å². The van der Waals surface area contributed by atoms with Gasteiger partial charge in [-0.05, 0) is 33.6 Å². The van der Waals surface area contributed by atoms with E-state index >= 15 is 0 Å². The maximum atomic E-state index is 12.0. The van der Waals surface area contributed by atoms with E-state index in [1.165, 1.54) is 4.88 Å². The van der Waals surface area contributed by atoms with Gasteiger partial charge in [0.15, 0.2) is 0 Å². The van der Waals surface area contributed by atoms with Crippen LogP contribution in [0, 0.1) is 20.8 Å². The molecular formula is C14H18N4OS. The van der Waals surface area contributed by atoms with Gasteiger partial charge in [-0.15, -0.1) is 11.3 Å². The predicted molar refractivity (Wildman–Crippen MR) is 79.0 cm³/mol. The molecule has 0 unspecified atom stereocenters. The molecule has 1 N–H and O–H groups in total. The van der Waals surface area contributed by atoms with Crippen LogP contribution in [0.2, 0.25) is 0 Å². The van der Waals surface area contributed by atoms with Crippen LogP contribution in [0.3, 0.4) is 0 Å². The standard InChI is InChI=1S/C14H18N4OS/c1-9-12(7-16-11(3)18-9)14(19)15-6-4-5-13-10(2)17-8-20-13/h7-8H,4-6H2,1-3H3,(H,15,19). The van der Waals surface area contributed by atoms with E-state index in [9.17, 15) is 4.79 Å². The molecule has 0 fully saturated rings. The van der Waals surface area contributed by atoms with Crippen LogP contribution in [0.1, 0.15) is 38.9 Å². The smallest absolute Gasteiger partial charge is 0.254 e. The monoisotopic (exact) mass is 290 g/mol. The molecular weight excluding hydrogens is 272 g/mol. The minimum Gasteiger partial charge on any atom is -0.352 e. The molecule has 2 aromatic rings. The quantitative estimate of drug-likeness (QED) is 0.857. The number of aryl methyl sites for hydroxylation is 4. The summed E-state index contributed by atoms with van der Waals surface area (Å²) in [5.74, 6) is 0.572. The highest BCUT2D eigenvalue weighted by Gasteiger charge is 2.10. The van der Waals surface area contributed by atoms with Gasteiger partial charge in [0.1, 0.15) is 5.82 Å². The molecule has 0 atom stereocenters. The lowest BCUT2D eigenvalue weighted by atomic mass is 10.2. The summed E-state index contributed by atoms with van der Waals surface area (Å²) in [7, 11) is 0. The zero-order chi connectivity index (χ0) is 14.5. The third-order valence-corrected chi connectivity index (χ3v) is 4.05. The molecule has 0 bridgehead atoms. The van der Waals surface area contributed by atoms with Crippen LogP contribution in [0.5, 0.6) is 0 Å². The lowest BCUT2D eigenvalue weighted by molar-refractivity contribution is 0.0952. The van der Waals surface area contributed by atoms with Crippen LogP contribution < -0.4 is 5.32 Å². The van der Waals surface area contributed by atoms with Gasteiger partial charge in [-0.25, -0.2) is 15.0 Å². The lowest BCUT2D eigenvalue weighted by Crippen LogP contribution is -2.26. The van der Waals surface area contributed by atoms with Crippen LogP contribution >= 0.6 is 11.3 Å². The number of hydrogen-bond acceptors (Lipinski definition) is 5. The summed E-state index contributed by atoms with van der Waals surface area (Å²) in [6.07, 6.45) is 3.43. The van der Waals surface area contributed by atoms with Crippen molar-refractivity contribution in [1.82, 2.24) is 20.3 Å². The second kappa shape index (κ2) is 6.56. The molecule has 20 heavy (non-hydrogen) atoms. The van der Waals surface area contributed by atoms with Gasteiger partial charge in [-0.1, -0.05) is 0 Å². The molecule has 0 aromatic carbocycles. The number of carbonyl (C=O) groups excluding carboxylic acids is 1. The SMILES string of the molecule is Cc1ncc(C(=O)NCCCc2scnc2C)c(C)n1. The number of nitrogens with one attached hydrogen (secondary N) is 1. The Bertz CT molecular complexity index is 609. The van der Waals surface area contributed by atoms with Crippen molar-refractivity contribution in [2.75, 3.05) is 6.54 Å². The number of aromatic nitrogens is 3. The van der Waals surface area contributed by atoms with Crippen LogP contribution in [-0.2, 0) is 6.42 Å². The van der Waals surface area contributed by atoms with Crippen LogP contribution in [0.25, 0.3) is 0 Å². The highest BCUT2D eigenvalue weighted by Crippen LogP contribution is 2.13. The van der Waals surface area contributed by atoms with Crippen molar-refractivity contribution < 1.29 is 4.79 Å². The van der Waals surface area contributed by atoms with E-state index in [1.54, 1.807) is 17.5 Å². The molecule has 1 amide bonds. The minimum atomic E-state index is -0.108. The Hall–Kier alpha value is -1.82. The number of hydrogen-bond donors (Lipinski definition) is 1. The van der Waals surface area contributed by atoms with E-state index in [4.69, 9.17) is 0 Å². The van der Waals surface area contributed by atoms with E-state index in [-0.39, 0.29) is 5.91 Å². The second-order valence-electron chi connectivity index (χ2n) is 4.64. The fourth-order valence-electron chi connectivity index (χ4n) is 1.92. The number of carbonyl (C=O) groups is 1. The van der Waals surface area contributed by atoms with Crippen LogP contribution in [0.15, 0.2) is 11.7 Å². The predicted octanol–water partition coefficient (Wildman–Crippen LogP) is 2.22. The normalized spacial score (nSPS) is 10.6. The number of rotatable bonds is 5. The van der Waals surface area contributed by atoms with Gasteiger partial charge in [0, 0.05) is 17.6 Å². The highest BCUT2D eigenvalue weighted by atomic mass is 32.1. The molecule has 0 spiro atoms. The Morgan fingerprint density at radius 3 is 2.70 bits per heavy atom. The van der Waals surface area contributed by atoms with Gasteiger partial charge in [0.25, 0.3) is 5.91 Å². The zero-order valence-corrected chi connectivity index (χ0v) is 12.8. The molecule has 2 heterocycles. The molecule has 5 nitrogen and oxygen atoms in total. The summed E-state index contributed by atoms with van der Waals surface area (Å²) >= 11 is 1.66. The molecule has 0 saturated carbocycles. The summed E-state index contributed by atoms with van der Waals surface area (Å²) in [5.41, 5.74) is 4.21. The average Bonchev–Trinajstić information content (AvgIpc) is 2.80. The van der Waals surface area contributed by atoms with Crippen molar-refractivity contribution in [3.05, 3.63) is 39.4 Å². The number of amides is 1. The Morgan fingerprint density at radius 1 is 1.25 bits per heavy atom. The van der Waals surface area contributed by atoms with Gasteiger partial charge in [-0.3, -0.25) is 4.79 Å². The topological polar surface area (TPSA) is 67.8 Å². The van der Waals surface area contributed by atoms with Gasteiger partial charge in [0.2, 0.25) is 0 Å². The summed E-state index contributed by atoms with van der Waals surface area (Å²) in [4.78, 5) is 25.8. The molecule has 0 radical (unpaired) electrons. The summed E-state index contributed by atoms with van der Waals surface area (Å²) in [6.45, 7) is 6.29. The van der Waals surface area contributed by atoms with Gasteiger partial charge in [-0.2, -0.15) is 0 Å². The summed E-state index contributed by atoms with van der Waals surface area (Å²) in [6, 6.07) is 0. The first-order chi connectivity index (χ1) is 9.58. The van der Waals surface area contributed by atoms with Gasteiger partial charge >= 0.3 is 0 Å². The number of thiazole rings is 1. The van der Waals surface area contributed by atoms with Crippen molar-refractivity contribution in [2.45, 2.75) is 33.6 Å². The molecule has 106 valence electrons. The largest absolute Gasteiger partial charge is 0.352 e. The zero-order valence-electron chi connectivity index (χ0n) is 11.9. The molecule has 0 saturated heterocycles. The van der Waals surface area contributed by atoms with E-state index in [2.05, 4.69) is 20.3 Å². The minimum absolute atomic E-state index is 0.108. The van der Waals surface area contributed by atoms with Crippen molar-refractivity contribution in [2.24, 2.45) is 0 Å². The van der Waals surface area contributed by atoms with Gasteiger partial charge < -0.3 is 5.32 Å². The Labute approximate surface area is 122 Å². The lowest BCUT2D eigenvalue weighted by Gasteiger charge is -2.07. The van der Waals surface area contributed by atoms with E-state index in [1.807, 2.05) is 26.3 Å². The Morgan fingerprint density at radius 2 is 2.05 bits per heavy atom. The Balaban J connectivity index is 1.82. The second-order valence-corrected chi connectivity index (χ2v) is 5.58. The first kappa shape index (κ1) is 14.6. The first-order valence-corrected chi connectivity index (χ1v) is 7.43. The van der Waals surface area contributed by atoms with Crippen molar-refractivity contribution in [1.29, 1.82) is 0 Å². The van der Waals surface area contributed by atoms with E-state index in [0.717, 1.165) is 18.5 Å². The molecule has 2 rings (SSSR count). The average molecular weight is 290 g/mol. The maximum absolute atomic E-state index is 12.0. The third kappa shape index (κ3) is 3.60. The molecule has 0 aliphatic carbocycles. The van der Waals surface area contributed by atoms with Crippen LogP contribution in [-0.4, -0.2) is 27.4 Å². The maximum Gasteiger partial charge on any atom is 0.254 e. The van der Waals surface area contributed by atoms with E-state index < -0.39 is 0 Å². The highest BCUT2D eigenvalue weighted by molar-refractivity contribution is 7.09. The summed E-state index contributed by atoms with van der Waals surface area (Å²) in [5, 5.41) is 2.91. The molecule has 6 heteroatoms. The van der Waals surface area contributed by atoms with Gasteiger partial charge in [0.05, 0.1) is 22.5 Å². The van der Waals surface area contributed by atoms with Crippen molar-refractivity contribution >= 4 is 17.2 Å².